The standard InChI is InChI=1S/C12H12I2N2O2/c1-6-4-7(13)9(8(14)5-6)10-11(17)15(2)16(3)12(10)18/h4-5,10H,1-3H3. The van der Waals surface area contributed by atoms with Gasteiger partial charge in [-0.25, -0.2) is 0 Å². The number of rotatable bonds is 1. The van der Waals surface area contributed by atoms with Gasteiger partial charge in [0.2, 0.25) is 0 Å². The molecule has 0 radical (unpaired) electrons. The minimum absolute atomic E-state index is 0.165. The van der Waals surface area contributed by atoms with Crippen molar-refractivity contribution in [2.45, 2.75) is 12.8 Å². The molecule has 1 aromatic carbocycles. The molecule has 1 aromatic rings. The zero-order chi connectivity index (χ0) is 13.6. The smallest absolute Gasteiger partial charge is 0.258 e. The van der Waals surface area contributed by atoms with E-state index < -0.39 is 5.92 Å². The lowest BCUT2D eigenvalue weighted by atomic mass is 9.97. The lowest BCUT2D eigenvalue weighted by Crippen LogP contribution is -2.33. The molecule has 1 fully saturated rings. The van der Waals surface area contributed by atoms with Crippen molar-refractivity contribution in [2.24, 2.45) is 0 Å². The maximum Gasteiger partial charge on any atom is 0.258 e. The fourth-order valence-corrected chi connectivity index (χ4v) is 4.71. The van der Waals surface area contributed by atoms with Gasteiger partial charge in [0.25, 0.3) is 11.8 Å². The molecular weight excluding hydrogens is 458 g/mol. The first-order valence-corrected chi connectivity index (χ1v) is 7.51. The summed E-state index contributed by atoms with van der Waals surface area (Å²) in [5.74, 6) is -1.02. The van der Waals surface area contributed by atoms with Gasteiger partial charge in [0.15, 0.2) is 0 Å². The first-order chi connectivity index (χ1) is 8.34. The predicted octanol–water partition coefficient (Wildman–Crippen LogP) is 2.13. The highest BCUT2D eigenvalue weighted by molar-refractivity contribution is 14.1. The molecular formula is C12H12I2N2O2. The van der Waals surface area contributed by atoms with Gasteiger partial charge in [0.05, 0.1) is 0 Å². The van der Waals surface area contributed by atoms with Crippen molar-refractivity contribution in [3.8, 4) is 0 Å². The van der Waals surface area contributed by atoms with Crippen molar-refractivity contribution in [1.82, 2.24) is 10.0 Å². The first-order valence-electron chi connectivity index (χ1n) is 5.35. The largest absolute Gasteiger partial charge is 0.272 e. The quantitative estimate of drug-likeness (QED) is 0.467. The van der Waals surface area contributed by atoms with Crippen LogP contribution in [0.4, 0.5) is 0 Å². The Bertz CT molecular complexity index is 502. The van der Waals surface area contributed by atoms with Crippen LogP contribution >= 0.6 is 45.2 Å². The van der Waals surface area contributed by atoms with Crippen LogP contribution in [-0.4, -0.2) is 35.9 Å². The summed E-state index contributed by atoms with van der Waals surface area (Å²) in [4.78, 5) is 24.3. The third-order valence-electron chi connectivity index (χ3n) is 3.09. The molecule has 0 aliphatic carbocycles. The number of hydrogen-bond donors (Lipinski definition) is 0. The van der Waals surface area contributed by atoms with Gasteiger partial charge < -0.3 is 0 Å². The Hall–Kier alpha value is -0.380. The molecule has 1 heterocycles. The lowest BCUT2D eigenvalue weighted by Gasteiger charge is -2.17. The molecule has 6 heteroatoms. The van der Waals surface area contributed by atoms with Gasteiger partial charge in [-0.1, -0.05) is 0 Å². The van der Waals surface area contributed by atoms with Crippen LogP contribution in [0.15, 0.2) is 12.1 Å². The zero-order valence-electron chi connectivity index (χ0n) is 10.2. The number of amides is 2. The Kier molecular flexibility index (Phi) is 3.86. The van der Waals surface area contributed by atoms with Crippen LogP contribution in [0, 0.1) is 14.1 Å². The number of carbonyl (C=O) groups is 2. The monoisotopic (exact) mass is 470 g/mol. The third kappa shape index (κ3) is 2.13. The van der Waals surface area contributed by atoms with E-state index in [1.807, 2.05) is 19.1 Å². The predicted molar refractivity (Wildman–Crippen MR) is 84.9 cm³/mol. The van der Waals surface area contributed by atoms with E-state index in [4.69, 9.17) is 0 Å². The topological polar surface area (TPSA) is 40.6 Å². The van der Waals surface area contributed by atoms with Crippen LogP contribution in [-0.2, 0) is 9.59 Å². The van der Waals surface area contributed by atoms with Crippen LogP contribution < -0.4 is 0 Å². The Balaban J connectivity index is 2.57. The fraction of sp³-hybridized carbons (Fsp3) is 0.333. The van der Waals surface area contributed by atoms with Crippen molar-refractivity contribution in [3.05, 3.63) is 30.4 Å². The second kappa shape index (κ2) is 4.95. The lowest BCUT2D eigenvalue weighted by molar-refractivity contribution is -0.141. The molecule has 0 atom stereocenters. The van der Waals surface area contributed by atoms with Gasteiger partial charge in [-0.2, -0.15) is 0 Å². The number of benzene rings is 1. The van der Waals surface area contributed by atoms with Crippen LogP contribution in [0.2, 0.25) is 0 Å². The van der Waals surface area contributed by atoms with E-state index in [1.54, 1.807) is 14.1 Å². The molecule has 0 spiro atoms. The molecule has 1 saturated heterocycles. The highest BCUT2D eigenvalue weighted by Gasteiger charge is 2.44. The SMILES string of the molecule is Cc1cc(I)c(C2C(=O)N(C)N(C)C2=O)c(I)c1. The normalized spacial score (nSPS) is 16.9. The summed E-state index contributed by atoms with van der Waals surface area (Å²) in [5.41, 5.74) is 1.96. The number of aryl methyl sites for hydroxylation is 1. The second-order valence-corrected chi connectivity index (χ2v) is 6.62. The number of likely N-dealkylation sites (N-methyl/N-ethyl adjacent to an activating group) is 2. The molecule has 0 aromatic heterocycles. The highest BCUT2D eigenvalue weighted by atomic mass is 127. The number of carbonyl (C=O) groups excluding carboxylic acids is 2. The molecule has 0 saturated carbocycles. The van der Waals surface area contributed by atoms with Crippen molar-refractivity contribution < 1.29 is 9.59 Å². The number of hydrazine groups is 1. The number of halogens is 2. The van der Waals surface area contributed by atoms with Crippen LogP contribution in [0.1, 0.15) is 17.0 Å². The summed E-state index contributed by atoms with van der Waals surface area (Å²) in [6.45, 7) is 2.00. The molecule has 0 N–H and O–H groups in total. The molecule has 1 aliphatic rings. The Morgan fingerprint density at radius 2 is 1.39 bits per heavy atom. The van der Waals surface area contributed by atoms with E-state index in [0.717, 1.165) is 18.3 Å². The van der Waals surface area contributed by atoms with E-state index in [0.29, 0.717) is 0 Å². The van der Waals surface area contributed by atoms with Crippen molar-refractivity contribution >= 4 is 57.0 Å². The Morgan fingerprint density at radius 3 is 1.78 bits per heavy atom. The summed E-state index contributed by atoms with van der Waals surface area (Å²) in [5, 5.41) is 2.75. The molecule has 2 amide bonds. The van der Waals surface area contributed by atoms with E-state index in [2.05, 4.69) is 45.2 Å². The van der Waals surface area contributed by atoms with E-state index >= 15 is 0 Å². The van der Waals surface area contributed by atoms with Crippen LogP contribution in [0.25, 0.3) is 0 Å². The van der Waals surface area contributed by atoms with E-state index in [1.165, 1.54) is 10.0 Å². The third-order valence-corrected chi connectivity index (χ3v) is 4.88. The van der Waals surface area contributed by atoms with Crippen molar-refractivity contribution in [3.63, 3.8) is 0 Å². The van der Waals surface area contributed by atoms with Gasteiger partial charge in [-0.3, -0.25) is 19.6 Å². The fourth-order valence-electron chi connectivity index (χ4n) is 2.01. The zero-order valence-corrected chi connectivity index (χ0v) is 14.5. The average Bonchev–Trinajstić information content (AvgIpc) is 2.45. The summed E-state index contributed by atoms with van der Waals surface area (Å²) in [6, 6.07) is 3.99. The molecule has 4 nitrogen and oxygen atoms in total. The van der Waals surface area contributed by atoms with Gasteiger partial charge in [0.1, 0.15) is 5.92 Å². The molecule has 0 bridgehead atoms. The summed E-state index contributed by atoms with van der Waals surface area (Å²) >= 11 is 4.38. The molecule has 96 valence electrons. The highest BCUT2D eigenvalue weighted by Crippen LogP contribution is 2.34. The second-order valence-electron chi connectivity index (χ2n) is 4.30. The van der Waals surface area contributed by atoms with Crippen LogP contribution in [0.5, 0.6) is 0 Å². The Labute approximate surface area is 133 Å². The van der Waals surface area contributed by atoms with Gasteiger partial charge in [-0.05, 0) is 69.8 Å². The van der Waals surface area contributed by atoms with Crippen molar-refractivity contribution in [1.29, 1.82) is 0 Å². The maximum absolute atomic E-state index is 12.2. The maximum atomic E-state index is 12.2. The summed E-state index contributed by atoms with van der Waals surface area (Å²) in [7, 11) is 3.24. The minimum atomic E-state index is -0.695. The Morgan fingerprint density at radius 1 is 1.00 bits per heavy atom. The molecule has 1 aliphatic heterocycles. The van der Waals surface area contributed by atoms with E-state index in [9.17, 15) is 9.59 Å². The van der Waals surface area contributed by atoms with Crippen LogP contribution in [0.3, 0.4) is 0 Å². The first kappa shape index (κ1) is 14.0. The van der Waals surface area contributed by atoms with Gasteiger partial charge >= 0.3 is 0 Å². The number of hydrogen-bond acceptors (Lipinski definition) is 2. The summed E-state index contributed by atoms with van der Waals surface area (Å²) < 4.78 is 1.93. The average molecular weight is 470 g/mol. The number of nitrogens with zero attached hydrogens (tertiary/aromatic N) is 2. The molecule has 18 heavy (non-hydrogen) atoms. The molecule has 2 rings (SSSR count). The summed E-state index contributed by atoms with van der Waals surface area (Å²) in [6.07, 6.45) is 0. The minimum Gasteiger partial charge on any atom is -0.272 e. The molecule has 0 unspecified atom stereocenters. The van der Waals surface area contributed by atoms with Gasteiger partial charge in [0, 0.05) is 26.8 Å². The van der Waals surface area contributed by atoms with E-state index in [-0.39, 0.29) is 11.8 Å². The van der Waals surface area contributed by atoms with Crippen molar-refractivity contribution in [2.75, 3.05) is 14.1 Å². The van der Waals surface area contributed by atoms with Gasteiger partial charge in [-0.15, -0.1) is 0 Å².